The molecule has 1 aliphatic rings. The van der Waals surface area contributed by atoms with Crippen LogP contribution in [0.4, 0.5) is 5.82 Å². The SMILES string of the molecule is CC(C)(C)[Si](C)(C)O[C@H]1Cc2ccccc2[C@H]1n1cnc([N+](=O)[O-])c1. The highest BCUT2D eigenvalue weighted by atomic mass is 28.4. The van der Waals surface area contributed by atoms with Gasteiger partial charge < -0.3 is 19.1 Å². The summed E-state index contributed by atoms with van der Waals surface area (Å²) in [6.45, 7) is 11.1. The van der Waals surface area contributed by atoms with E-state index in [4.69, 9.17) is 4.43 Å². The Balaban J connectivity index is 1.99. The van der Waals surface area contributed by atoms with Crippen LogP contribution >= 0.6 is 0 Å². The minimum Gasteiger partial charge on any atom is -0.411 e. The topological polar surface area (TPSA) is 70.2 Å². The summed E-state index contributed by atoms with van der Waals surface area (Å²) in [4.78, 5) is 14.5. The number of hydrogen-bond acceptors (Lipinski definition) is 4. The van der Waals surface area contributed by atoms with Gasteiger partial charge in [0.15, 0.2) is 8.32 Å². The van der Waals surface area contributed by atoms with Gasteiger partial charge in [-0.15, -0.1) is 0 Å². The standard InChI is InChI=1S/C18H25N3O3Si/c1-18(2,3)25(4,5)24-15-10-13-8-6-7-9-14(13)17(15)20-11-16(19-12-20)21(22)23/h6-9,11-12,15,17H,10H2,1-5H3/t15-,17+/m0/s1. The van der Waals surface area contributed by atoms with E-state index in [1.54, 1.807) is 6.33 Å². The van der Waals surface area contributed by atoms with Crippen LogP contribution in [-0.2, 0) is 10.8 Å². The number of benzene rings is 1. The highest BCUT2D eigenvalue weighted by Gasteiger charge is 2.44. The van der Waals surface area contributed by atoms with Gasteiger partial charge in [0.25, 0.3) is 0 Å². The highest BCUT2D eigenvalue weighted by molar-refractivity contribution is 6.74. The predicted octanol–water partition coefficient (Wildman–Crippen LogP) is 4.33. The summed E-state index contributed by atoms with van der Waals surface area (Å²) >= 11 is 0. The number of nitrogens with zero attached hydrogens (tertiary/aromatic N) is 3. The van der Waals surface area contributed by atoms with E-state index in [2.05, 4.69) is 51.0 Å². The van der Waals surface area contributed by atoms with E-state index in [1.807, 2.05) is 16.7 Å². The molecule has 0 amide bonds. The van der Waals surface area contributed by atoms with Crippen molar-refractivity contribution in [3.63, 3.8) is 0 Å². The third-order valence-corrected chi connectivity index (χ3v) is 10.00. The lowest BCUT2D eigenvalue weighted by Gasteiger charge is -2.40. The Bertz CT molecular complexity index is 795. The molecule has 2 atom stereocenters. The van der Waals surface area contributed by atoms with Crippen molar-refractivity contribution >= 4 is 14.1 Å². The van der Waals surface area contributed by atoms with Crippen LogP contribution in [0.2, 0.25) is 18.1 Å². The van der Waals surface area contributed by atoms with E-state index in [1.165, 1.54) is 17.3 Å². The van der Waals surface area contributed by atoms with Crippen LogP contribution < -0.4 is 0 Å². The van der Waals surface area contributed by atoms with Crippen molar-refractivity contribution in [3.05, 3.63) is 58.0 Å². The summed E-state index contributed by atoms with van der Waals surface area (Å²) in [6.07, 6.45) is 3.84. The molecule has 0 aliphatic heterocycles. The summed E-state index contributed by atoms with van der Waals surface area (Å²) in [7, 11) is -1.97. The van der Waals surface area contributed by atoms with E-state index in [9.17, 15) is 10.1 Å². The first-order valence-corrected chi connectivity index (χ1v) is 11.4. The summed E-state index contributed by atoms with van der Waals surface area (Å²) in [5, 5.41) is 11.1. The Hall–Kier alpha value is -1.99. The number of fused-ring (bicyclic) bond motifs is 1. The van der Waals surface area contributed by atoms with Crippen LogP contribution in [0.5, 0.6) is 0 Å². The largest absolute Gasteiger partial charge is 0.411 e. The minimum absolute atomic E-state index is 0.0351. The molecule has 3 rings (SSSR count). The number of imidazole rings is 1. The lowest BCUT2D eigenvalue weighted by Crippen LogP contribution is -2.45. The first kappa shape index (κ1) is 17.8. The van der Waals surface area contributed by atoms with Gasteiger partial charge in [0, 0.05) is 6.42 Å². The molecule has 1 aliphatic carbocycles. The highest BCUT2D eigenvalue weighted by Crippen LogP contribution is 2.43. The van der Waals surface area contributed by atoms with Gasteiger partial charge in [0.05, 0.1) is 12.1 Å². The average molecular weight is 360 g/mol. The van der Waals surface area contributed by atoms with Gasteiger partial charge in [0.2, 0.25) is 6.33 Å². The van der Waals surface area contributed by atoms with E-state index in [-0.39, 0.29) is 23.0 Å². The Morgan fingerprint density at radius 3 is 2.60 bits per heavy atom. The lowest BCUT2D eigenvalue weighted by molar-refractivity contribution is -0.389. The summed E-state index contributed by atoms with van der Waals surface area (Å²) in [5.74, 6) is -0.129. The molecule has 25 heavy (non-hydrogen) atoms. The van der Waals surface area contributed by atoms with Gasteiger partial charge in [-0.25, -0.2) is 0 Å². The van der Waals surface area contributed by atoms with Crippen LogP contribution in [0, 0.1) is 10.1 Å². The molecule has 7 heteroatoms. The van der Waals surface area contributed by atoms with Gasteiger partial charge in [0.1, 0.15) is 6.20 Å². The maximum absolute atomic E-state index is 11.0. The van der Waals surface area contributed by atoms with Crippen molar-refractivity contribution < 1.29 is 9.35 Å². The minimum atomic E-state index is -1.97. The van der Waals surface area contributed by atoms with Crippen LogP contribution in [0.15, 0.2) is 36.8 Å². The van der Waals surface area contributed by atoms with Crippen molar-refractivity contribution in [3.8, 4) is 0 Å². The van der Waals surface area contributed by atoms with E-state index >= 15 is 0 Å². The maximum Gasteiger partial charge on any atom is 0.381 e. The zero-order valence-corrected chi connectivity index (χ0v) is 16.4. The third kappa shape index (κ3) is 3.26. The predicted molar refractivity (Wildman–Crippen MR) is 99.2 cm³/mol. The van der Waals surface area contributed by atoms with Crippen molar-refractivity contribution in [2.45, 2.75) is 57.5 Å². The molecular weight excluding hydrogens is 334 g/mol. The summed E-state index contributed by atoms with van der Waals surface area (Å²) < 4.78 is 8.54. The number of rotatable bonds is 4. The van der Waals surface area contributed by atoms with Gasteiger partial charge in [-0.05, 0) is 39.2 Å². The second-order valence-corrected chi connectivity index (χ2v) is 13.0. The molecule has 0 unspecified atom stereocenters. The van der Waals surface area contributed by atoms with Gasteiger partial charge in [-0.3, -0.25) is 0 Å². The molecule has 0 saturated heterocycles. The second-order valence-electron chi connectivity index (χ2n) is 8.20. The molecule has 134 valence electrons. The molecule has 6 nitrogen and oxygen atoms in total. The van der Waals surface area contributed by atoms with E-state index in [0.29, 0.717) is 0 Å². The van der Waals surface area contributed by atoms with Crippen molar-refractivity contribution in [1.29, 1.82) is 0 Å². The molecule has 0 N–H and O–H groups in total. The number of hydrogen-bond donors (Lipinski definition) is 0. The smallest absolute Gasteiger partial charge is 0.381 e. The van der Waals surface area contributed by atoms with Crippen LogP contribution in [-0.4, -0.2) is 28.9 Å². The molecule has 0 fully saturated rings. The Morgan fingerprint density at radius 2 is 2.00 bits per heavy atom. The first-order valence-electron chi connectivity index (χ1n) is 8.53. The summed E-state index contributed by atoms with van der Waals surface area (Å²) in [5.41, 5.74) is 2.41. The third-order valence-electron chi connectivity index (χ3n) is 5.50. The quantitative estimate of drug-likeness (QED) is 0.463. The molecule has 0 bridgehead atoms. The molecule has 1 heterocycles. The molecule has 0 saturated carbocycles. The Labute approximate surface area is 149 Å². The van der Waals surface area contributed by atoms with Crippen molar-refractivity contribution in [2.75, 3.05) is 0 Å². The zero-order valence-electron chi connectivity index (χ0n) is 15.4. The summed E-state index contributed by atoms with van der Waals surface area (Å²) in [6, 6.07) is 8.16. The molecule has 0 spiro atoms. The fourth-order valence-electron chi connectivity index (χ4n) is 3.12. The average Bonchev–Trinajstić information content (AvgIpc) is 3.09. The molecular formula is C18H25N3O3Si. The fraction of sp³-hybridized carbons (Fsp3) is 0.500. The molecule has 1 aromatic heterocycles. The van der Waals surface area contributed by atoms with Gasteiger partial charge in [-0.2, -0.15) is 0 Å². The lowest BCUT2D eigenvalue weighted by atomic mass is 10.1. The monoisotopic (exact) mass is 359 g/mol. The Morgan fingerprint density at radius 1 is 1.32 bits per heavy atom. The zero-order chi connectivity index (χ0) is 18.4. The van der Waals surface area contributed by atoms with E-state index in [0.717, 1.165) is 6.42 Å². The molecule has 2 aromatic rings. The van der Waals surface area contributed by atoms with E-state index < -0.39 is 13.2 Å². The molecule has 0 radical (unpaired) electrons. The van der Waals surface area contributed by atoms with Crippen LogP contribution in [0.1, 0.15) is 37.9 Å². The normalized spacial score (nSPS) is 20.5. The number of aromatic nitrogens is 2. The molecule has 1 aromatic carbocycles. The van der Waals surface area contributed by atoms with Gasteiger partial charge in [-0.1, -0.05) is 45.0 Å². The van der Waals surface area contributed by atoms with Gasteiger partial charge >= 0.3 is 5.82 Å². The van der Waals surface area contributed by atoms with Crippen molar-refractivity contribution in [1.82, 2.24) is 9.55 Å². The Kier molecular flexibility index (Phi) is 4.32. The number of nitro groups is 1. The van der Waals surface area contributed by atoms with Crippen LogP contribution in [0.3, 0.4) is 0 Å². The fourth-order valence-corrected chi connectivity index (χ4v) is 4.45. The maximum atomic E-state index is 11.0. The van der Waals surface area contributed by atoms with Crippen molar-refractivity contribution in [2.24, 2.45) is 0 Å². The van der Waals surface area contributed by atoms with Crippen LogP contribution in [0.25, 0.3) is 0 Å². The first-order chi connectivity index (χ1) is 11.6. The second kappa shape index (κ2) is 6.07.